The maximum absolute atomic E-state index is 3.62. The molecule has 1 rings (SSSR count). The normalized spacial score (nSPS) is 17.5. The molecule has 17 heavy (non-hydrogen) atoms. The summed E-state index contributed by atoms with van der Waals surface area (Å²) in [4.78, 5) is 0. The first-order valence-electron chi connectivity index (χ1n) is 8.14. The van der Waals surface area contributed by atoms with Crippen molar-refractivity contribution in [2.75, 3.05) is 13.1 Å². The molecule has 1 N–H and O–H groups in total. The molecule has 0 aliphatic heterocycles. The summed E-state index contributed by atoms with van der Waals surface area (Å²) >= 11 is 0. The van der Waals surface area contributed by atoms with Crippen LogP contribution in [0.1, 0.15) is 84.0 Å². The Morgan fingerprint density at radius 1 is 0.824 bits per heavy atom. The van der Waals surface area contributed by atoms with Crippen molar-refractivity contribution >= 4 is 0 Å². The van der Waals surface area contributed by atoms with Gasteiger partial charge in [0, 0.05) is 0 Å². The zero-order valence-electron chi connectivity index (χ0n) is 12.0. The van der Waals surface area contributed by atoms with E-state index in [1.54, 1.807) is 0 Å². The minimum absolute atomic E-state index is 1.04. The summed E-state index contributed by atoms with van der Waals surface area (Å²) in [6.45, 7) is 4.80. The van der Waals surface area contributed by atoms with Crippen LogP contribution in [-0.2, 0) is 0 Å². The van der Waals surface area contributed by atoms with Gasteiger partial charge in [-0.15, -0.1) is 0 Å². The van der Waals surface area contributed by atoms with E-state index in [2.05, 4.69) is 12.2 Å². The van der Waals surface area contributed by atoms with E-state index < -0.39 is 0 Å². The van der Waals surface area contributed by atoms with Crippen LogP contribution < -0.4 is 5.32 Å². The predicted molar refractivity (Wildman–Crippen MR) is 77.4 cm³/mol. The van der Waals surface area contributed by atoms with Crippen molar-refractivity contribution in [3.8, 4) is 0 Å². The Morgan fingerprint density at radius 2 is 1.53 bits per heavy atom. The minimum atomic E-state index is 1.04. The van der Waals surface area contributed by atoms with Crippen molar-refractivity contribution in [1.82, 2.24) is 5.32 Å². The first-order chi connectivity index (χ1) is 8.43. The van der Waals surface area contributed by atoms with Crippen molar-refractivity contribution < 1.29 is 0 Å². The molecule has 0 aromatic carbocycles. The minimum Gasteiger partial charge on any atom is -0.317 e. The summed E-state index contributed by atoms with van der Waals surface area (Å²) in [5, 5.41) is 3.62. The van der Waals surface area contributed by atoms with E-state index in [0.29, 0.717) is 0 Å². The SMILES string of the molecule is CCCCCCCCNCCC1CCCCC1. The Kier molecular flexibility index (Phi) is 9.78. The third-order valence-corrected chi connectivity index (χ3v) is 4.16. The van der Waals surface area contributed by atoms with Crippen molar-refractivity contribution in [3.63, 3.8) is 0 Å². The van der Waals surface area contributed by atoms with Crippen LogP contribution in [0.5, 0.6) is 0 Å². The van der Waals surface area contributed by atoms with Gasteiger partial charge in [0.1, 0.15) is 0 Å². The van der Waals surface area contributed by atoms with Gasteiger partial charge in [0.15, 0.2) is 0 Å². The summed E-state index contributed by atoms with van der Waals surface area (Å²) in [5.41, 5.74) is 0. The lowest BCUT2D eigenvalue weighted by atomic mass is 9.87. The third kappa shape index (κ3) is 8.65. The largest absolute Gasteiger partial charge is 0.317 e. The van der Waals surface area contributed by atoms with Gasteiger partial charge in [-0.05, 0) is 31.8 Å². The second-order valence-corrected chi connectivity index (χ2v) is 5.81. The lowest BCUT2D eigenvalue weighted by molar-refractivity contribution is 0.333. The zero-order valence-corrected chi connectivity index (χ0v) is 12.0. The van der Waals surface area contributed by atoms with E-state index in [4.69, 9.17) is 0 Å². The molecule has 1 nitrogen and oxygen atoms in total. The zero-order chi connectivity index (χ0) is 12.2. The molecule has 1 saturated carbocycles. The summed E-state index contributed by atoms with van der Waals surface area (Å²) < 4.78 is 0. The highest BCUT2D eigenvalue weighted by Crippen LogP contribution is 2.25. The average Bonchev–Trinajstić information content (AvgIpc) is 2.38. The molecule has 0 heterocycles. The predicted octanol–water partition coefficient (Wildman–Crippen LogP) is 4.91. The van der Waals surface area contributed by atoms with Crippen molar-refractivity contribution in [2.45, 2.75) is 84.0 Å². The molecule has 1 fully saturated rings. The van der Waals surface area contributed by atoms with Gasteiger partial charge in [0.2, 0.25) is 0 Å². The van der Waals surface area contributed by atoms with E-state index in [0.717, 1.165) is 5.92 Å². The smallest absolute Gasteiger partial charge is 0.00463 e. The van der Waals surface area contributed by atoms with Gasteiger partial charge < -0.3 is 5.32 Å². The molecule has 1 aliphatic rings. The molecule has 1 heteroatoms. The highest BCUT2D eigenvalue weighted by atomic mass is 14.8. The maximum atomic E-state index is 3.62. The second-order valence-electron chi connectivity index (χ2n) is 5.81. The van der Waals surface area contributed by atoms with Gasteiger partial charge in [-0.2, -0.15) is 0 Å². The summed E-state index contributed by atoms with van der Waals surface area (Å²) in [5.74, 6) is 1.04. The molecule has 0 spiro atoms. The summed E-state index contributed by atoms with van der Waals surface area (Å²) in [6, 6.07) is 0. The average molecular weight is 239 g/mol. The fourth-order valence-corrected chi connectivity index (χ4v) is 2.94. The number of hydrogen-bond donors (Lipinski definition) is 1. The van der Waals surface area contributed by atoms with Crippen LogP contribution in [-0.4, -0.2) is 13.1 Å². The Bertz CT molecular complexity index is 150. The fraction of sp³-hybridized carbons (Fsp3) is 1.00. The molecule has 0 saturated heterocycles. The molecule has 0 aromatic rings. The standard InChI is InChI=1S/C16H33N/c1-2-3-4-5-6-10-14-17-15-13-16-11-8-7-9-12-16/h16-17H,2-15H2,1H3. The van der Waals surface area contributed by atoms with E-state index in [-0.39, 0.29) is 0 Å². The number of rotatable bonds is 10. The van der Waals surface area contributed by atoms with Crippen molar-refractivity contribution in [2.24, 2.45) is 5.92 Å². The van der Waals surface area contributed by atoms with Gasteiger partial charge in [0.25, 0.3) is 0 Å². The van der Waals surface area contributed by atoms with Crippen LogP contribution >= 0.6 is 0 Å². The van der Waals surface area contributed by atoms with E-state index in [9.17, 15) is 0 Å². The van der Waals surface area contributed by atoms with Gasteiger partial charge in [-0.25, -0.2) is 0 Å². The van der Waals surface area contributed by atoms with Crippen molar-refractivity contribution in [3.05, 3.63) is 0 Å². The molecule has 0 aromatic heterocycles. The van der Waals surface area contributed by atoms with Crippen LogP contribution in [0.15, 0.2) is 0 Å². The molecule has 0 unspecified atom stereocenters. The molecular weight excluding hydrogens is 206 g/mol. The Balaban J connectivity index is 1.75. The number of hydrogen-bond acceptors (Lipinski definition) is 1. The quantitative estimate of drug-likeness (QED) is 0.534. The van der Waals surface area contributed by atoms with E-state index in [1.807, 2.05) is 0 Å². The number of unbranched alkanes of at least 4 members (excludes halogenated alkanes) is 5. The molecule has 0 radical (unpaired) electrons. The van der Waals surface area contributed by atoms with Crippen molar-refractivity contribution in [1.29, 1.82) is 0 Å². The second kappa shape index (κ2) is 11.1. The molecular formula is C16H33N. The Hall–Kier alpha value is -0.0400. The highest BCUT2D eigenvalue weighted by molar-refractivity contribution is 4.66. The van der Waals surface area contributed by atoms with E-state index >= 15 is 0 Å². The topological polar surface area (TPSA) is 12.0 Å². The van der Waals surface area contributed by atoms with Gasteiger partial charge in [0.05, 0.1) is 0 Å². The van der Waals surface area contributed by atoms with E-state index in [1.165, 1.54) is 90.1 Å². The van der Waals surface area contributed by atoms with Crippen LogP contribution in [0.3, 0.4) is 0 Å². The lowest BCUT2D eigenvalue weighted by Gasteiger charge is -2.21. The molecule has 102 valence electrons. The van der Waals surface area contributed by atoms with Gasteiger partial charge in [-0.3, -0.25) is 0 Å². The van der Waals surface area contributed by atoms with Crippen LogP contribution in [0.2, 0.25) is 0 Å². The molecule has 0 amide bonds. The third-order valence-electron chi connectivity index (χ3n) is 4.16. The Morgan fingerprint density at radius 3 is 2.29 bits per heavy atom. The first kappa shape index (κ1) is 15.0. The molecule has 0 atom stereocenters. The first-order valence-corrected chi connectivity index (χ1v) is 8.14. The maximum Gasteiger partial charge on any atom is -0.00463 e. The monoisotopic (exact) mass is 239 g/mol. The van der Waals surface area contributed by atoms with Gasteiger partial charge in [-0.1, -0.05) is 71.1 Å². The summed E-state index contributed by atoms with van der Waals surface area (Å²) in [7, 11) is 0. The number of nitrogens with one attached hydrogen (secondary N) is 1. The molecule has 0 bridgehead atoms. The lowest BCUT2D eigenvalue weighted by Crippen LogP contribution is -2.20. The summed E-state index contributed by atoms with van der Waals surface area (Å²) in [6.07, 6.45) is 17.4. The van der Waals surface area contributed by atoms with Crippen LogP contribution in [0.25, 0.3) is 0 Å². The van der Waals surface area contributed by atoms with Gasteiger partial charge >= 0.3 is 0 Å². The molecule has 1 aliphatic carbocycles. The fourth-order valence-electron chi connectivity index (χ4n) is 2.94. The highest BCUT2D eigenvalue weighted by Gasteiger charge is 2.12. The van der Waals surface area contributed by atoms with Crippen LogP contribution in [0, 0.1) is 5.92 Å². The Labute approximate surface area is 109 Å². The van der Waals surface area contributed by atoms with Crippen LogP contribution in [0.4, 0.5) is 0 Å².